The van der Waals surface area contributed by atoms with Gasteiger partial charge in [-0.1, -0.05) is 18.2 Å². The molecular weight excluding hydrogens is 258 g/mol. The van der Waals surface area contributed by atoms with E-state index in [2.05, 4.69) is 41.3 Å². The summed E-state index contributed by atoms with van der Waals surface area (Å²) in [6.07, 6.45) is 4.09. The minimum Gasteiger partial charge on any atom is -0.310 e. The molecule has 2 aliphatic heterocycles. The Morgan fingerprint density at radius 1 is 1.06 bits per heavy atom. The summed E-state index contributed by atoms with van der Waals surface area (Å²) in [5.74, 6) is 4.90. The molecule has 3 rings (SSSR count). The summed E-state index contributed by atoms with van der Waals surface area (Å²) in [5.41, 5.74) is 1.53. The maximum absolute atomic E-state index is 3.82. The first kappa shape index (κ1) is 12.9. The fraction of sp³-hybridized carbons (Fsp3) is 0.600. The van der Waals surface area contributed by atoms with Crippen molar-refractivity contribution in [3.05, 3.63) is 29.8 Å². The van der Waals surface area contributed by atoms with Crippen molar-refractivity contribution in [3.63, 3.8) is 0 Å². The molecule has 0 saturated carbocycles. The van der Waals surface area contributed by atoms with Gasteiger partial charge < -0.3 is 5.32 Å². The molecule has 1 saturated heterocycles. The molecular formula is C15H21NS2. The maximum Gasteiger partial charge on any atom is 0.0339 e. The molecule has 1 atom stereocenters. The summed E-state index contributed by atoms with van der Waals surface area (Å²) in [7, 11) is 0. The van der Waals surface area contributed by atoms with Crippen LogP contribution in [-0.2, 0) is 0 Å². The largest absolute Gasteiger partial charge is 0.310 e. The molecule has 0 bridgehead atoms. The van der Waals surface area contributed by atoms with Crippen LogP contribution in [0.5, 0.6) is 0 Å². The van der Waals surface area contributed by atoms with E-state index in [1.54, 1.807) is 0 Å². The standard InChI is InChI=1S/C15H21NS2/c1-2-4-15-13(3-1)14(7-10-18-15)16-11-12-5-8-17-9-6-12/h1-4,12,14,16H,5-11H2. The van der Waals surface area contributed by atoms with E-state index in [1.165, 1.54) is 53.5 Å². The third kappa shape index (κ3) is 3.06. The SMILES string of the molecule is c1ccc2c(c1)SCCC2NCC1CCSCC1. The highest BCUT2D eigenvalue weighted by Crippen LogP contribution is 2.36. The van der Waals surface area contributed by atoms with E-state index in [9.17, 15) is 0 Å². The van der Waals surface area contributed by atoms with Crippen LogP contribution in [0.15, 0.2) is 29.2 Å². The number of fused-ring (bicyclic) bond motifs is 1. The molecule has 2 aliphatic rings. The van der Waals surface area contributed by atoms with Crippen molar-refractivity contribution >= 4 is 23.5 Å². The van der Waals surface area contributed by atoms with Gasteiger partial charge in [0.1, 0.15) is 0 Å². The Morgan fingerprint density at radius 2 is 1.89 bits per heavy atom. The number of benzene rings is 1. The van der Waals surface area contributed by atoms with Gasteiger partial charge in [0.15, 0.2) is 0 Å². The lowest BCUT2D eigenvalue weighted by Gasteiger charge is -2.29. The first-order chi connectivity index (χ1) is 8.93. The monoisotopic (exact) mass is 279 g/mol. The summed E-state index contributed by atoms with van der Waals surface area (Å²) >= 11 is 4.13. The van der Waals surface area contributed by atoms with E-state index in [-0.39, 0.29) is 0 Å². The van der Waals surface area contributed by atoms with Crippen LogP contribution in [0.2, 0.25) is 0 Å². The van der Waals surface area contributed by atoms with Crippen LogP contribution in [0, 0.1) is 5.92 Å². The van der Waals surface area contributed by atoms with Crippen LogP contribution < -0.4 is 5.32 Å². The molecule has 98 valence electrons. The third-order valence-corrected chi connectivity index (χ3v) is 6.12. The number of hydrogen-bond donors (Lipinski definition) is 1. The van der Waals surface area contributed by atoms with Crippen LogP contribution in [0.3, 0.4) is 0 Å². The zero-order valence-corrected chi connectivity index (χ0v) is 12.4. The van der Waals surface area contributed by atoms with Crippen molar-refractivity contribution < 1.29 is 0 Å². The molecule has 1 aromatic carbocycles. The normalized spacial score (nSPS) is 24.8. The second kappa shape index (κ2) is 6.36. The Labute approximate surface area is 119 Å². The Balaban J connectivity index is 1.60. The van der Waals surface area contributed by atoms with Gasteiger partial charge in [-0.25, -0.2) is 0 Å². The fourth-order valence-corrected chi connectivity index (χ4v) is 5.14. The summed E-state index contributed by atoms with van der Waals surface area (Å²) in [5, 5.41) is 3.82. The van der Waals surface area contributed by atoms with Crippen molar-refractivity contribution in [1.82, 2.24) is 5.32 Å². The van der Waals surface area contributed by atoms with Crippen LogP contribution in [0.25, 0.3) is 0 Å². The van der Waals surface area contributed by atoms with Crippen molar-refractivity contribution in [2.24, 2.45) is 5.92 Å². The molecule has 3 heteroatoms. The third-order valence-electron chi connectivity index (χ3n) is 3.95. The predicted octanol–water partition coefficient (Wildman–Crippen LogP) is 3.96. The lowest BCUT2D eigenvalue weighted by Crippen LogP contribution is -2.31. The van der Waals surface area contributed by atoms with Crippen LogP contribution in [0.4, 0.5) is 0 Å². The Bertz CT molecular complexity index is 388. The molecule has 0 aromatic heterocycles. The fourth-order valence-electron chi connectivity index (χ4n) is 2.81. The number of thioether (sulfide) groups is 2. The first-order valence-electron chi connectivity index (χ1n) is 6.96. The minimum absolute atomic E-state index is 0.594. The molecule has 0 radical (unpaired) electrons. The summed E-state index contributed by atoms with van der Waals surface area (Å²) in [6.45, 7) is 1.21. The highest BCUT2D eigenvalue weighted by Gasteiger charge is 2.21. The zero-order valence-electron chi connectivity index (χ0n) is 10.7. The van der Waals surface area contributed by atoms with Crippen LogP contribution in [-0.4, -0.2) is 23.8 Å². The number of hydrogen-bond acceptors (Lipinski definition) is 3. The molecule has 0 spiro atoms. The zero-order chi connectivity index (χ0) is 12.2. The summed E-state index contributed by atoms with van der Waals surface area (Å²) < 4.78 is 0. The highest BCUT2D eigenvalue weighted by atomic mass is 32.2. The minimum atomic E-state index is 0.594. The quantitative estimate of drug-likeness (QED) is 0.899. The highest BCUT2D eigenvalue weighted by molar-refractivity contribution is 7.99. The van der Waals surface area contributed by atoms with Gasteiger partial charge in [-0.15, -0.1) is 11.8 Å². The van der Waals surface area contributed by atoms with E-state index < -0.39 is 0 Å². The Kier molecular flexibility index (Phi) is 4.55. The lowest BCUT2D eigenvalue weighted by atomic mass is 9.99. The van der Waals surface area contributed by atoms with E-state index in [4.69, 9.17) is 0 Å². The number of nitrogens with one attached hydrogen (secondary N) is 1. The molecule has 2 heterocycles. The molecule has 0 aliphatic carbocycles. The van der Waals surface area contributed by atoms with Crippen LogP contribution >= 0.6 is 23.5 Å². The molecule has 1 fully saturated rings. The van der Waals surface area contributed by atoms with E-state index in [1.807, 2.05) is 11.8 Å². The molecule has 0 amide bonds. The van der Waals surface area contributed by atoms with E-state index in [0.717, 1.165) is 5.92 Å². The molecule has 1 nitrogen and oxygen atoms in total. The molecule has 1 N–H and O–H groups in total. The summed E-state index contributed by atoms with van der Waals surface area (Å²) in [4.78, 5) is 1.49. The number of rotatable bonds is 3. The van der Waals surface area contributed by atoms with Gasteiger partial charge in [0, 0.05) is 10.9 Å². The average Bonchev–Trinajstić information content (AvgIpc) is 2.46. The molecule has 18 heavy (non-hydrogen) atoms. The van der Waals surface area contributed by atoms with Gasteiger partial charge in [0.2, 0.25) is 0 Å². The predicted molar refractivity (Wildman–Crippen MR) is 82.6 cm³/mol. The smallest absolute Gasteiger partial charge is 0.0339 e. The van der Waals surface area contributed by atoms with Gasteiger partial charge in [0.25, 0.3) is 0 Å². The second-order valence-corrected chi connectivity index (χ2v) is 7.55. The van der Waals surface area contributed by atoms with Crippen molar-refractivity contribution in [1.29, 1.82) is 0 Å². The van der Waals surface area contributed by atoms with Crippen molar-refractivity contribution in [2.75, 3.05) is 23.8 Å². The van der Waals surface area contributed by atoms with E-state index >= 15 is 0 Å². The van der Waals surface area contributed by atoms with Gasteiger partial charge in [-0.3, -0.25) is 0 Å². The van der Waals surface area contributed by atoms with Gasteiger partial charge >= 0.3 is 0 Å². The van der Waals surface area contributed by atoms with Crippen molar-refractivity contribution in [3.8, 4) is 0 Å². The lowest BCUT2D eigenvalue weighted by molar-refractivity contribution is 0.402. The van der Waals surface area contributed by atoms with Crippen LogP contribution in [0.1, 0.15) is 30.9 Å². The van der Waals surface area contributed by atoms with E-state index in [0.29, 0.717) is 6.04 Å². The first-order valence-corrected chi connectivity index (χ1v) is 9.10. The van der Waals surface area contributed by atoms with Crippen molar-refractivity contribution in [2.45, 2.75) is 30.2 Å². The summed E-state index contributed by atoms with van der Waals surface area (Å²) in [6, 6.07) is 9.50. The van der Waals surface area contributed by atoms with Gasteiger partial charge in [-0.2, -0.15) is 11.8 Å². The van der Waals surface area contributed by atoms with Gasteiger partial charge in [0.05, 0.1) is 0 Å². The maximum atomic E-state index is 3.82. The molecule has 1 unspecified atom stereocenters. The Hall–Kier alpha value is -0.120. The molecule has 1 aromatic rings. The van der Waals surface area contributed by atoms with Gasteiger partial charge in [-0.05, 0) is 60.6 Å². The average molecular weight is 279 g/mol. The topological polar surface area (TPSA) is 12.0 Å². The second-order valence-electron chi connectivity index (χ2n) is 5.19. The Morgan fingerprint density at radius 3 is 2.78 bits per heavy atom.